The topological polar surface area (TPSA) is 64.6 Å². The first-order valence-electron chi connectivity index (χ1n) is 13.2. The van der Waals surface area contributed by atoms with Crippen molar-refractivity contribution >= 4 is 0 Å². The van der Waals surface area contributed by atoms with E-state index in [9.17, 15) is 0 Å². The quantitative estimate of drug-likeness (QED) is 0.195. The summed E-state index contributed by atoms with van der Waals surface area (Å²) in [6, 6.07) is 24.2. The zero-order valence-electron chi connectivity index (χ0n) is 23.3. The molecule has 7 heteroatoms. The molecule has 0 saturated heterocycles. The molecule has 4 aromatic rings. The Hall–Kier alpha value is -4.52. The molecule has 0 N–H and O–H groups in total. The second kappa shape index (κ2) is 12.6. The van der Waals surface area contributed by atoms with Crippen molar-refractivity contribution in [2.24, 2.45) is 0 Å². The number of hydrogen-bond donors (Lipinski definition) is 0. The van der Waals surface area contributed by atoms with Gasteiger partial charge in [0.1, 0.15) is 5.75 Å². The Labute approximate surface area is 235 Å². The van der Waals surface area contributed by atoms with Crippen LogP contribution in [0.2, 0.25) is 0 Å². The van der Waals surface area contributed by atoms with E-state index in [0.717, 1.165) is 48.1 Å². The fourth-order valence-corrected chi connectivity index (χ4v) is 4.76. The normalized spacial score (nSPS) is 11.7. The van der Waals surface area contributed by atoms with Gasteiger partial charge in [-0.05, 0) is 96.5 Å². The van der Waals surface area contributed by atoms with Gasteiger partial charge >= 0.3 is 0 Å². The van der Waals surface area contributed by atoms with Gasteiger partial charge < -0.3 is 33.2 Å². The minimum absolute atomic E-state index is 0.208. The van der Waals surface area contributed by atoms with E-state index in [1.165, 1.54) is 5.56 Å². The summed E-state index contributed by atoms with van der Waals surface area (Å²) in [5.74, 6) is 5.50. The van der Waals surface area contributed by atoms with Crippen LogP contribution in [0.25, 0.3) is 0 Å². The third kappa shape index (κ3) is 6.20. The molecule has 1 aliphatic rings. The Morgan fingerprint density at radius 3 is 1.70 bits per heavy atom. The number of aryl methyl sites for hydroxylation is 4. The average molecular weight is 543 g/mol. The summed E-state index contributed by atoms with van der Waals surface area (Å²) < 4.78 is 39.6. The third-order valence-corrected chi connectivity index (χ3v) is 6.93. The maximum Gasteiger partial charge on any atom is 0.231 e. The lowest BCUT2D eigenvalue weighted by Gasteiger charge is -2.16. The van der Waals surface area contributed by atoms with Gasteiger partial charge in [0.2, 0.25) is 12.5 Å². The molecule has 0 fully saturated rings. The molecule has 1 aliphatic heterocycles. The van der Waals surface area contributed by atoms with Crippen LogP contribution in [0.5, 0.6) is 46.0 Å². The average Bonchev–Trinajstić information content (AvgIpc) is 3.48. The molecule has 0 radical (unpaired) electrons. The van der Waals surface area contributed by atoms with Crippen molar-refractivity contribution in [2.75, 3.05) is 35.2 Å². The van der Waals surface area contributed by atoms with Gasteiger partial charge in [-0.3, -0.25) is 0 Å². The first kappa shape index (κ1) is 27.1. The van der Waals surface area contributed by atoms with E-state index >= 15 is 0 Å². The van der Waals surface area contributed by atoms with Crippen LogP contribution in [0.3, 0.4) is 0 Å². The highest BCUT2D eigenvalue weighted by Gasteiger charge is 2.20. The molecule has 1 heterocycles. The largest absolute Gasteiger partial charge is 0.497 e. The number of ether oxygens (including phenoxy) is 7. The lowest BCUT2D eigenvalue weighted by molar-refractivity contribution is 0.171. The summed E-state index contributed by atoms with van der Waals surface area (Å²) in [5, 5.41) is 0. The van der Waals surface area contributed by atoms with Gasteiger partial charge in [-0.15, -0.1) is 0 Å². The van der Waals surface area contributed by atoms with E-state index in [4.69, 9.17) is 33.2 Å². The fraction of sp³-hybridized carbons (Fsp3) is 0.273. The molecular formula is C33H34O7. The lowest BCUT2D eigenvalue weighted by Crippen LogP contribution is -1.98. The van der Waals surface area contributed by atoms with E-state index in [2.05, 4.69) is 24.3 Å². The van der Waals surface area contributed by atoms with Gasteiger partial charge in [-0.2, -0.15) is 0 Å². The molecule has 0 unspecified atom stereocenters. The molecule has 208 valence electrons. The van der Waals surface area contributed by atoms with Gasteiger partial charge in [0, 0.05) is 0 Å². The molecule has 0 spiro atoms. The molecule has 0 bridgehead atoms. The van der Waals surface area contributed by atoms with Crippen LogP contribution in [0.15, 0.2) is 72.8 Å². The van der Waals surface area contributed by atoms with Crippen molar-refractivity contribution < 1.29 is 33.2 Å². The van der Waals surface area contributed by atoms with Crippen LogP contribution in [0.1, 0.15) is 22.3 Å². The van der Waals surface area contributed by atoms with Gasteiger partial charge in [-0.1, -0.05) is 24.3 Å². The second-order valence-corrected chi connectivity index (χ2v) is 9.46. The highest BCUT2D eigenvalue weighted by atomic mass is 16.7. The number of fused-ring (bicyclic) bond motifs is 1. The maximum absolute atomic E-state index is 6.41. The monoisotopic (exact) mass is 542 g/mol. The van der Waals surface area contributed by atoms with Crippen LogP contribution < -0.4 is 33.2 Å². The van der Waals surface area contributed by atoms with Crippen molar-refractivity contribution in [3.63, 3.8) is 0 Å². The van der Waals surface area contributed by atoms with E-state index in [-0.39, 0.29) is 6.79 Å². The Kier molecular flexibility index (Phi) is 8.50. The van der Waals surface area contributed by atoms with Crippen molar-refractivity contribution in [2.45, 2.75) is 25.7 Å². The summed E-state index contributed by atoms with van der Waals surface area (Å²) in [6.45, 7) is 0.208. The van der Waals surface area contributed by atoms with E-state index < -0.39 is 0 Å². The number of methoxy groups -OCH3 is 4. The van der Waals surface area contributed by atoms with Crippen LogP contribution in [-0.2, 0) is 25.7 Å². The lowest BCUT2D eigenvalue weighted by atomic mass is 10.0. The zero-order chi connectivity index (χ0) is 27.9. The van der Waals surface area contributed by atoms with Gasteiger partial charge in [0.15, 0.2) is 34.5 Å². The van der Waals surface area contributed by atoms with E-state index in [1.54, 1.807) is 28.4 Å². The van der Waals surface area contributed by atoms with Crippen molar-refractivity contribution in [1.82, 2.24) is 0 Å². The van der Waals surface area contributed by atoms with Crippen LogP contribution in [0.4, 0.5) is 0 Å². The highest BCUT2D eigenvalue weighted by Crippen LogP contribution is 2.42. The first-order chi connectivity index (χ1) is 19.6. The van der Waals surface area contributed by atoms with Crippen molar-refractivity contribution in [1.29, 1.82) is 0 Å². The van der Waals surface area contributed by atoms with Gasteiger partial charge in [-0.25, -0.2) is 0 Å². The highest BCUT2D eigenvalue weighted by molar-refractivity contribution is 5.55. The maximum atomic E-state index is 6.41. The third-order valence-electron chi connectivity index (χ3n) is 6.93. The minimum atomic E-state index is 0.208. The van der Waals surface area contributed by atoms with Crippen molar-refractivity contribution in [3.8, 4) is 46.0 Å². The molecule has 0 amide bonds. The van der Waals surface area contributed by atoms with Crippen molar-refractivity contribution in [3.05, 3.63) is 95.1 Å². The second-order valence-electron chi connectivity index (χ2n) is 9.46. The molecule has 4 aromatic carbocycles. The summed E-state index contributed by atoms with van der Waals surface area (Å²) >= 11 is 0. The summed E-state index contributed by atoms with van der Waals surface area (Å²) in [6.07, 6.45) is 3.32. The van der Waals surface area contributed by atoms with E-state index in [0.29, 0.717) is 40.2 Å². The Morgan fingerprint density at radius 1 is 0.525 bits per heavy atom. The Balaban J connectivity index is 1.32. The predicted octanol–water partition coefficient (Wildman–Crippen LogP) is 6.81. The fourth-order valence-electron chi connectivity index (χ4n) is 4.76. The number of rotatable bonds is 12. The van der Waals surface area contributed by atoms with Gasteiger partial charge in [0.05, 0.1) is 28.4 Å². The van der Waals surface area contributed by atoms with Crippen LogP contribution >= 0.6 is 0 Å². The molecule has 0 atom stereocenters. The van der Waals surface area contributed by atoms with Crippen LogP contribution in [0, 0.1) is 0 Å². The molecule has 7 nitrogen and oxygen atoms in total. The summed E-state index contributed by atoms with van der Waals surface area (Å²) in [4.78, 5) is 0. The number of benzene rings is 4. The Morgan fingerprint density at radius 2 is 1.10 bits per heavy atom. The van der Waals surface area contributed by atoms with E-state index in [1.807, 2.05) is 48.5 Å². The molecule has 5 rings (SSSR count). The standard InChI is InChI=1S/C33H34O7/c1-34-26-7-5-6-22(16-26)8-9-23-12-14-27(35-2)29(17-23)40-30-18-24(13-15-28(30)36-3)10-11-25-19-31(37-4)33-32(20-25)38-21-39-33/h5-7,12-20H,8-11,21H2,1-4H3. The van der Waals surface area contributed by atoms with Gasteiger partial charge in [0.25, 0.3) is 0 Å². The summed E-state index contributed by atoms with van der Waals surface area (Å²) in [5.41, 5.74) is 4.57. The smallest absolute Gasteiger partial charge is 0.231 e. The molecule has 0 saturated carbocycles. The summed E-state index contributed by atoms with van der Waals surface area (Å²) in [7, 11) is 6.61. The van der Waals surface area contributed by atoms with Crippen LogP contribution in [-0.4, -0.2) is 35.2 Å². The predicted molar refractivity (Wildman–Crippen MR) is 153 cm³/mol. The Bertz CT molecular complexity index is 1460. The zero-order valence-corrected chi connectivity index (χ0v) is 23.3. The molecule has 40 heavy (non-hydrogen) atoms. The number of hydrogen-bond acceptors (Lipinski definition) is 7. The molecular weight excluding hydrogens is 508 g/mol. The first-order valence-corrected chi connectivity index (χ1v) is 13.2. The minimum Gasteiger partial charge on any atom is -0.497 e. The SMILES string of the molecule is COc1cccc(CCc2ccc(OC)c(Oc3cc(CCc4cc(OC)c5c(c4)OCO5)ccc3OC)c2)c1. The molecule has 0 aromatic heterocycles. The molecule has 0 aliphatic carbocycles.